The average molecular weight is 493 g/mol. The molecule has 2 aliphatic rings. The van der Waals surface area contributed by atoms with Crippen LogP contribution in [0.4, 0.5) is 5.82 Å². The number of nitrogens with two attached hydrogens (primary N) is 1. The van der Waals surface area contributed by atoms with Crippen molar-refractivity contribution in [2.45, 2.75) is 49.1 Å². The van der Waals surface area contributed by atoms with Gasteiger partial charge in [-0.25, -0.2) is 19.7 Å². The van der Waals surface area contributed by atoms with Gasteiger partial charge >= 0.3 is 5.69 Å². The van der Waals surface area contributed by atoms with E-state index in [4.69, 9.17) is 19.9 Å². The molecule has 2 aliphatic heterocycles. The van der Waals surface area contributed by atoms with Gasteiger partial charge < -0.3 is 40.4 Å². The predicted molar refractivity (Wildman–Crippen MR) is 114 cm³/mol. The maximum atomic E-state index is 12.0. The molecule has 5 rings (SSSR count). The van der Waals surface area contributed by atoms with Crippen LogP contribution in [-0.4, -0.2) is 99.3 Å². The topological polar surface area (TPSA) is 233 Å². The highest BCUT2D eigenvalue weighted by atomic mass is 16.6. The van der Waals surface area contributed by atoms with E-state index in [0.717, 1.165) is 16.8 Å². The van der Waals surface area contributed by atoms with Gasteiger partial charge in [0.2, 0.25) is 0 Å². The molecule has 5 heterocycles. The normalized spacial score (nSPS) is 33.0. The molecule has 3 aromatic heterocycles. The summed E-state index contributed by atoms with van der Waals surface area (Å²) in [6.07, 6.45) is -5.89. The van der Waals surface area contributed by atoms with Crippen LogP contribution in [0.3, 0.4) is 0 Å². The Bertz CT molecular complexity index is 1330. The van der Waals surface area contributed by atoms with Crippen LogP contribution in [0.25, 0.3) is 11.2 Å². The number of hydrogen-bond acceptors (Lipinski definition) is 13. The molecule has 7 N–H and O–H groups in total. The Balaban J connectivity index is 1.31. The molecule has 8 atom stereocenters. The lowest BCUT2D eigenvalue weighted by molar-refractivity contribution is -0.111. The maximum absolute atomic E-state index is 12.0. The van der Waals surface area contributed by atoms with E-state index in [9.17, 15) is 30.0 Å². The molecule has 35 heavy (non-hydrogen) atoms. The summed E-state index contributed by atoms with van der Waals surface area (Å²) in [5.74, 6) is 0.148. The lowest BCUT2D eigenvalue weighted by Crippen LogP contribution is -2.40. The molecule has 0 aliphatic carbocycles. The molecule has 3 aromatic rings. The lowest BCUT2D eigenvalue weighted by atomic mass is 10.1. The molecule has 0 spiro atoms. The van der Waals surface area contributed by atoms with Crippen LogP contribution in [0, 0.1) is 0 Å². The zero-order valence-electron chi connectivity index (χ0n) is 18.0. The van der Waals surface area contributed by atoms with Gasteiger partial charge in [-0.3, -0.25) is 18.9 Å². The minimum absolute atomic E-state index is 0.148. The SMILES string of the molecule is Nc1ncnc2c1ncn2[C@@H]1O[C@H](CO)[C@@H](OC[C@H]2O[C@@H](n3ccc(=O)[nH]c3=O)[C@H](O)[C@@H]2O)[C@H]1O. The van der Waals surface area contributed by atoms with Crippen molar-refractivity contribution in [2.24, 2.45) is 0 Å². The summed E-state index contributed by atoms with van der Waals surface area (Å²) in [7, 11) is 0. The fourth-order valence-corrected chi connectivity index (χ4v) is 4.29. The first kappa shape index (κ1) is 23.5. The third-order valence-electron chi connectivity index (χ3n) is 6.07. The largest absolute Gasteiger partial charge is 0.394 e. The monoisotopic (exact) mass is 493 g/mol. The summed E-state index contributed by atoms with van der Waals surface area (Å²) in [6.45, 7) is -0.811. The van der Waals surface area contributed by atoms with E-state index in [1.165, 1.54) is 17.2 Å². The summed E-state index contributed by atoms with van der Waals surface area (Å²) in [5.41, 5.74) is 4.98. The van der Waals surface area contributed by atoms with Crippen molar-refractivity contribution < 1.29 is 34.6 Å². The number of aromatic amines is 1. The summed E-state index contributed by atoms with van der Waals surface area (Å²) in [4.78, 5) is 37.5. The van der Waals surface area contributed by atoms with Crippen LogP contribution < -0.4 is 17.0 Å². The number of aliphatic hydroxyl groups excluding tert-OH is 4. The van der Waals surface area contributed by atoms with Crippen LogP contribution in [0.5, 0.6) is 0 Å². The number of anilines is 1. The van der Waals surface area contributed by atoms with Crippen molar-refractivity contribution in [1.82, 2.24) is 29.1 Å². The Morgan fingerprint density at radius 1 is 1.03 bits per heavy atom. The van der Waals surface area contributed by atoms with Gasteiger partial charge in [0.15, 0.2) is 23.9 Å². The van der Waals surface area contributed by atoms with Crippen molar-refractivity contribution >= 4 is 17.0 Å². The number of imidazole rings is 1. The standard InChI is InChI=1S/C19H23N7O9/c20-15-10-16(22-5-21-15)26(6-23-10)18-13(31)14(7(3-27)34-18)33-4-8-11(29)12(30)17(35-8)25-2-1-9(28)24-19(25)32/h1-2,5-8,11-14,17-18,27,29-31H,3-4H2,(H2,20,21,22)(H,24,28,32)/t7-,8-,11-,12-,13-,14-,17-,18-/m1/s1. The van der Waals surface area contributed by atoms with Crippen LogP contribution in [0.15, 0.2) is 34.5 Å². The number of nitrogens with one attached hydrogen (secondary N) is 1. The number of hydrogen-bond donors (Lipinski definition) is 6. The highest BCUT2D eigenvalue weighted by molar-refractivity contribution is 5.81. The van der Waals surface area contributed by atoms with E-state index in [2.05, 4.69) is 15.0 Å². The first-order valence-electron chi connectivity index (χ1n) is 10.6. The third kappa shape index (κ3) is 4.00. The minimum Gasteiger partial charge on any atom is -0.394 e. The van der Waals surface area contributed by atoms with Crippen molar-refractivity contribution in [1.29, 1.82) is 0 Å². The van der Waals surface area contributed by atoms with Gasteiger partial charge in [0.05, 0.1) is 19.5 Å². The molecule has 0 aromatic carbocycles. The number of nitrogens with zero attached hydrogens (tertiary/aromatic N) is 5. The Morgan fingerprint density at radius 3 is 2.51 bits per heavy atom. The van der Waals surface area contributed by atoms with Gasteiger partial charge in [0.25, 0.3) is 5.56 Å². The summed E-state index contributed by atoms with van der Waals surface area (Å²) < 4.78 is 19.5. The van der Waals surface area contributed by atoms with Gasteiger partial charge in [-0.2, -0.15) is 0 Å². The second kappa shape index (κ2) is 9.08. The van der Waals surface area contributed by atoms with Gasteiger partial charge in [0, 0.05) is 12.3 Å². The fraction of sp³-hybridized carbons (Fsp3) is 0.526. The molecular formula is C19H23N7O9. The van der Waals surface area contributed by atoms with Gasteiger partial charge in [-0.1, -0.05) is 0 Å². The summed E-state index contributed by atoms with van der Waals surface area (Å²) in [5, 5.41) is 41.5. The number of H-pyrrole nitrogens is 1. The summed E-state index contributed by atoms with van der Waals surface area (Å²) in [6, 6.07) is 1.07. The average Bonchev–Trinajstić information content (AvgIpc) is 3.48. The third-order valence-corrected chi connectivity index (χ3v) is 6.07. The van der Waals surface area contributed by atoms with E-state index in [1.807, 2.05) is 4.98 Å². The second-order valence-electron chi connectivity index (χ2n) is 8.18. The lowest BCUT2D eigenvalue weighted by Gasteiger charge is -2.23. The summed E-state index contributed by atoms with van der Waals surface area (Å²) >= 11 is 0. The van der Waals surface area contributed by atoms with Gasteiger partial charge in [-0.15, -0.1) is 0 Å². The Hall–Kier alpha value is -3.25. The second-order valence-corrected chi connectivity index (χ2v) is 8.18. The fourth-order valence-electron chi connectivity index (χ4n) is 4.29. The minimum atomic E-state index is -1.50. The van der Waals surface area contributed by atoms with Crippen LogP contribution >= 0.6 is 0 Å². The van der Waals surface area contributed by atoms with E-state index >= 15 is 0 Å². The number of rotatable bonds is 6. The van der Waals surface area contributed by atoms with Crippen molar-refractivity contribution in [3.63, 3.8) is 0 Å². The number of ether oxygens (including phenoxy) is 3. The molecule has 16 heteroatoms. The molecule has 0 bridgehead atoms. The zero-order chi connectivity index (χ0) is 24.9. The number of aromatic nitrogens is 6. The quantitative estimate of drug-likeness (QED) is 0.194. The van der Waals surface area contributed by atoms with E-state index in [1.54, 1.807) is 0 Å². The maximum Gasteiger partial charge on any atom is 0.330 e. The molecule has 2 fully saturated rings. The number of fused-ring (bicyclic) bond motifs is 1. The van der Waals surface area contributed by atoms with Crippen molar-refractivity contribution in [2.75, 3.05) is 18.9 Å². The first-order chi connectivity index (χ1) is 16.8. The number of nitrogen functional groups attached to an aromatic ring is 1. The van der Waals surface area contributed by atoms with Crippen LogP contribution in [-0.2, 0) is 14.2 Å². The van der Waals surface area contributed by atoms with Crippen molar-refractivity contribution in [3.05, 3.63) is 45.8 Å². The van der Waals surface area contributed by atoms with Crippen molar-refractivity contribution in [3.8, 4) is 0 Å². The Morgan fingerprint density at radius 2 is 1.77 bits per heavy atom. The molecule has 16 nitrogen and oxygen atoms in total. The molecular weight excluding hydrogens is 470 g/mol. The predicted octanol–water partition coefficient (Wildman–Crippen LogP) is -3.79. The Labute approximate surface area is 195 Å². The smallest absolute Gasteiger partial charge is 0.330 e. The van der Waals surface area contributed by atoms with E-state index in [-0.39, 0.29) is 12.4 Å². The molecule has 0 radical (unpaired) electrons. The molecule has 188 valence electrons. The molecule has 0 saturated carbocycles. The van der Waals surface area contributed by atoms with Gasteiger partial charge in [-0.05, 0) is 0 Å². The molecule has 2 saturated heterocycles. The van der Waals surface area contributed by atoms with E-state index < -0.39 is 66.9 Å². The van der Waals surface area contributed by atoms with Gasteiger partial charge in [0.1, 0.15) is 48.5 Å². The number of aliphatic hydroxyl groups is 4. The van der Waals surface area contributed by atoms with E-state index in [0.29, 0.717) is 11.2 Å². The highest BCUT2D eigenvalue weighted by Crippen LogP contribution is 2.35. The molecule has 0 amide bonds. The van der Waals surface area contributed by atoms with Crippen LogP contribution in [0.1, 0.15) is 12.5 Å². The molecule has 0 unspecified atom stereocenters. The first-order valence-corrected chi connectivity index (χ1v) is 10.6. The highest BCUT2D eigenvalue weighted by Gasteiger charge is 2.48. The Kier molecular flexibility index (Phi) is 6.09. The zero-order valence-corrected chi connectivity index (χ0v) is 18.0. The van der Waals surface area contributed by atoms with Crippen LogP contribution in [0.2, 0.25) is 0 Å².